The Hall–Kier alpha value is -1.64. The van der Waals surface area contributed by atoms with E-state index < -0.39 is 22.1 Å². The van der Waals surface area contributed by atoms with E-state index in [2.05, 4.69) is 0 Å². The van der Waals surface area contributed by atoms with Crippen LogP contribution in [0.1, 0.15) is 56.9 Å². The lowest BCUT2D eigenvalue weighted by atomic mass is 9.45. The van der Waals surface area contributed by atoms with Gasteiger partial charge in [0, 0.05) is 0 Å². The first kappa shape index (κ1) is 23.5. The zero-order valence-corrected chi connectivity index (χ0v) is 19.3. The van der Waals surface area contributed by atoms with Gasteiger partial charge in [0.15, 0.2) is 0 Å². The molecule has 8 heteroatoms. The summed E-state index contributed by atoms with van der Waals surface area (Å²) in [7, 11) is -3.86. The smallest absolute Gasteiger partial charge is 0.320 e. The Morgan fingerprint density at radius 2 is 1.78 bits per heavy atom. The maximum atomic E-state index is 11.0. The summed E-state index contributed by atoms with van der Waals surface area (Å²) in [5.41, 5.74) is 6.85. The Morgan fingerprint density at radius 3 is 2.38 bits per heavy atom. The minimum absolute atomic E-state index is 0.128. The number of carbonyl (C=O) groups is 1. The molecule has 4 aliphatic rings. The zero-order chi connectivity index (χ0) is 22.9. The quantitative estimate of drug-likeness (QED) is 0.337. The van der Waals surface area contributed by atoms with Crippen molar-refractivity contribution in [1.29, 1.82) is 0 Å². The third kappa shape index (κ3) is 5.64. The van der Waals surface area contributed by atoms with Crippen LogP contribution in [0.15, 0.2) is 24.3 Å². The van der Waals surface area contributed by atoms with Gasteiger partial charge in [-0.05, 0) is 98.1 Å². The van der Waals surface area contributed by atoms with Crippen LogP contribution >= 0.6 is 0 Å². The maximum Gasteiger partial charge on any atom is 0.320 e. The molecule has 2 unspecified atom stereocenters. The van der Waals surface area contributed by atoms with Gasteiger partial charge in [-0.1, -0.05) is 18.6 Å². The van der Waals surface area contributed by atoms with Crippen molar-refractivity contribution < 1.29 is 27.6 Å². The van der Waals surface area contributed by atoms with Crippen LogP contribution in [0.25, 0.3) is 0 Å². The van der Waals surface area contributed by atoms with Gasteiger partial charge in [-0.15, -0.1) is 0 Å². The number of rotatable bonds is 11. The minimum atomic E-state index is -3.86. The Labute approximate surface area is 190 Å². The van der Waals surface area contributed by atoms with E-state index in [4.69, 9.17) is 20.1 Å². The zero-order valence-electron chi connectivity index (χ0n) is 18.5. The Balaban J connectivity index is 1.29. The molecule has 4 N–H and O–H groups in total. The summed E-state index contributed by atoms with van der Waals surface area (Å²) in [6.07, 6.45) is 9.05. The number of benzene rings is 1. The average Bonchev–Trinajstić information content (AvgIpc) is 2.71. The summed E-state index contributed by atoms with van der Waals surface area (Å²) in [4.78, 5) is 10.9. The molecule has 5 rings (SSSR count). The van der Waals surface area contributed by atoms with Crippen molar-refractivity contribution in [3.63, 3.8) is 0 Å². The SMILES string of the molecule is N[C@@H](Cc1ccc(OCC2C3CC4CC2CC(CCCCS(=O)(=O)O)(C4)C3)cc1)C(=O)O. The van der Waals surface area contributed by atoms with Crippen molar-refractivity contribution in [3.05, 3.63) is 29.8 Å². The van der Waals surface area contributed by atoms with E-state index in [1.165, 1.54) is 32.1 Å². The third-order valence-electron chi connectivity index (χ3n) is 8.09. The second kappa shape index (κ2) is 9.31. The molecule has 32 heavy (non-hydrogen) atoms. The second-order valence-electron chi connectivity index (χ2n) is 10.5. The molecule has 0 saturated heterocycles. The number of unbranched alkanes of at least 4 members (excludes halogenated alkanes) is 1. The molecule has 1 aromatic rings. The van der Waals surface area contributed by atoms with Gasteiger partial charge in [-0.3, -0.25) is 9.35 Å². The molecular weight excluding hydrogens is 430 g/mol. The molecule has 4 aliphatic carbocycles. The van der Waals surface area contributed by atoms with Gasteiger partial charge in [-0.25, -0.2) is 0 Å². The van der Waals surface area contributed by atoms with Gasteiger partial charge in [0.2, 0.25) is 0 Å². The molecule has 0 spiro atoms. The van der Waals surface area contributed by atoms with Gasteiger partial charge in [-0.2, -0.15) is 8.42 Å². The highest BCUT2D eigenvalue weighted by Crippen LogP contribution is 2.63. The molecule has 0 radical (unpaired) electrons. The molecule has 3 atom stereocenters. The molecule has 0 aliphatic heterocycles. The first-order chi connectivity index (χ1) is 15.1. The van der Waals surface area contributed by atoms with Crippen LogP contribution < -0.4 is 10.5 Å². The molecule has 4 fully saturated rings. The summed E-state index contributed by atoms with van der Waals surface area (Å²) in [5, 5.41) is 8.95. The number of nitrogens with two attached hydrogens (primary N) is 1. The average molecular weight is 466 g/mol. The van der Waals surface area contributed by atoms with Crippen LogP contribution in [-0.4, -0.2) is 42.4 Å². The second-order valence-corrected chi connectivity index (χ2v) is 12.1. The molecule has 0 heterocycles. The summed E-state index contributed by atoms with van der Waals surface area (Å²) in [6, 6.07) is 6.68. The Bertz CT molecular complexity index is 899. The number of carboxylic acids is 1. The molecule has 1 aromatic carbocycles. The van der Waals surface area contributed by atoms with Crippen molar-refractivity contribution >= 4 is 16.1 Å². The molecule has 7 nitrogen and oxygen atoms in total. The topological polar surface area (TPSA) is 127 Å². The summed E-state index contributed by atoms with van der Waals surface area (Å²) >= 11 is 0. The van der Waals surface area contributed by atoms with E-state index in [-0.39, 0.29) is 5.75 Å². The van der Waals surface area contributed by atoms with E-state index in [0.717, 1.165) is 36.7 Å². The predicted octanol–water partition coefficient (Wildman–Crippen LogP) is 3.52. The summed E-state index contributed by atoms with van der Waals surface area (Å²) in [5.74, 6) is 2.40. The highest BCUT2D eigenvalue weighted by atomic mass is 32.2. The highest BCUT2D eigenvalue weighted by Gasteiger charge is 2.54. The van der Waals surface area contributed by atoms with Crippen LogP contribution in [0.2, 0.25) is 0 Å². The number of carboxylic acid groups (broad SMARTS) is 1. The summed E-state index contributed by atoms with van der Waals surface area (Å²) in [6.45, 7) is 0.717. The monoisotopic (exact) mass is 465 g/mol. The summed E-state index contributed by atoms with van der Waals surface area (Å²) < 4.78 is 37.1. The van der Waals surface area contributed by atoms with Crippen LogP contribution in [0, 0.1) is 29.1 Å². The first-order valence-corrected chi connectivity index (χ1v) is 13.4. The van der Waals surface area contributed by atoms with Gasteiger partial charge in [0.25, 0.3) is 10.1 Å². The Morgan fingerprint density at radius 1 is 1.12 bits per heavy atom. The number of hydrogen-bond acceptors (Lipinski definition) is 5. The molecule has 0 aromatic heterocycles. The van der Waals surface area contributed by atoms with Crippen molar-refractivity contribution in [2.24, 2.45) is 34.8 Å². The van der Waals surface area contributed by atoms with Gasteiger partial charge >= 0.3 is 5.97 Å². The molecule has 4 bridgehead atoms. The van der Waals surface area contributed by atoms with Gasteiger partial charge in [0.1, 0.15) is 11.8 Å². The van der Waals surface area contributed by atoms with Crippen LogP contribution in [0.5, 0.6) is 5.75 Å². The normalized spacial score (nSPS) is 32.1. The highest BCUT2D eigenvalue weighted by molar-refractivity contribution is 7.85. The van der Waals surface area contributed by atoms with Crippen molar-refractivity contribution in [2.45, 2.75) is 63.8 Å². The fourth-order valence-corrected chi connectivity index (χ4v) is 7.49. The Kier molecular flexibility index (Phi) is 6.84. The fraction of sp³-hybridized carbons (Fsp3) is 0.708. The van der Waals surface area contributed by atoms with Crippen molar-refractivity contribution in [2.75, 3.05) is 12.4 Å². The van der Waals surface area contributed by atoms with Crippen LogP contribution in [0.3, 0.4) is 0 Å². The first-order valence-electron chi connectivity index (χ1n) is 11.8. The largest absolute Gasteiger partial charge is 0.493 e. The van der Waals surface area contributed by atoms with Crippen molar-refractivity contribution in [1.82, 2.24) is 0 Å². The standard InChI is InChI=1S/C24H35NO6S/c25-22(23(26)27)11-16-3-5-20(6-4-16)31-15-21-18-9-17-10-19(21)14-24(12-17,13-18)7-1-2-8-32(28,29)30/h3-6,17-19,21-22H,1-2,7-15,25H2,(H,26,27)(H,28,29,30)/t17?,18?,19?,21?,22-,24?/m0/s1. The molecule has 178 valence electrons. The number of aliphatic carboxylic acids is 1. The molecular formula is C24H35NO6S. The maximum absolute atomic E-state index is 11.0. The van der Waals surface area contributed by atoms with Gasteiger partial charge in [0.05, 0.1) is 12.4 Å². The number of hydrogen-bond donors (Lipinski definition) is 3. The van der Waals surface area contributed by atoms with Crippen molar-refractivity contribution in [3.8, 4) is 5.75 Å². The predicted molar refractivity (Wildman–Crippen MR) is 121 cm³/mol. The molecule has 4 saturated carbocycles. The lowest BCUT2D eigenvalue weighted by molar-refractivity contribution is -0.138. The minimum Gasteiger partial charge on any atom is -0.493 e. The fourth-order valence-electron chi connectivity index (χ4n) is 6.92. The lowest BCUT2D eigenvalue weighted by Gasteiger charge is -2.60. The van der Waals surface area contributed by atoms with E-state index in [1.807, 2.05) is 24.3 Å². The van der Waals surface area contributed by atoms with E-state index in [0.29, 0.717) is 36.0 Å². The van der Waals surface area contributed by atoms with E-state index in [9.17, 15) is 13.2 Å². The molecule has 0 amide bonds. The van der Waals surface area contributed by atoms with E-state index in [1.54, 1.807) is 0 Å². The third-order valence-corrected chi connectivity index (χ3v) is 8.90. The van der Waals surface area contributed by atoms with Gasteiger partial charge < -0.3 is 15.6 Å². The van der Waals surface area contributed by atoms with Crippen LogP contribution in [0.4, 0.5) is 0 Å². The lowest BCUT2D eigenvalue weighted by Crippen LogP contribution is -2.52. The van der Waals surface area contributed by atoms with Crippen LogP contribution in [-0.2, 0) is 21.3 Å². The number of ether oxygens (including phenoxy) is 1. The van der Waals surface area contributed by atoms with E-state index >= 15 is 0 Å².